The molecular weight excluding hydrogens is 376 g/mol. The van der Waals surface area contributed by atoms with E-state index in [4.69, 9.17) is 0 Å². The van der Waals surface area contributed by atoms with Crippen molar-refractivity contribution in [3.8, 4) is 0 Å². The van der Waals surface area contributed by atoms with Crippen LogP contribution in [0.15, 0.2) is 79.3 Å². The minimum atomic E-state index is -0.353. The summed E-state index contributed by atoms with van der Waals surface area (Å²) in [6.45, 7) is 2.40. The highest BCUT2D eigenvalue weighted by molar-refractivity contribution is 6.09. The molecule has 4 rings (SSSR count). The SMILES string of the molecule is Cc1ccccc1CNC(=O)c1cncc(C(=O)Nc2cccc3cccnc23)c1. The summed E-state index contributed by atoms with van der Waals surface area (Å²) in [6, 6.07) is 18.7. The zero-order valence-corrected chi connectivity index (χ0v) is 16.4. The number of aromatic nitrogens is 2. The zero-order valence-electron chi connectivity index (χ0n) is 16.4. The van der Waals surface area contributed by atoms with Crippen molar-refractivity contribution in [1.82, 2.24) is 15.3 Å². The molecule has 0 aliphatic rings. The summed E-state index contributed by atoms with van der Waals surface area (Å²) in [6.07, 6.45) is 4.56. The van der Waals surface area contributed by atoms with Gasteiger partial charge in [0.05, 0.1) is 22.3 Å². The summed E-state index contributed by atoms with van der Waals surface area (Å²) in [4.78, 5) is 33.7. The van der Waals surface area contributed by atoms with E-state index >= 15 is 0 Å². The standard InChI is InChI=1S/C24H20N4O2/c1-16-6-2-3-7-18(16)15-27-23(29)19-12-20(14-25-13-19)24(30)28-21-10-4-8-17-9-5-11-26-22(17)21/h2-14H,15H2,1H3,(H,27,29)(H,28,30). The van der Waals surface area contributed by atoms with Crippen molar-refractivity contribution in [3.63, 3.8) is 0 Å². The number of nitrogens with zero attached hydrogens (tertiary/aromatic N) is 2. The first-order valence-corrected chi connectivity index (χ1v) is 9.54. The van der Waals surface area contributed by atoms with E-state index < -0.39 is 0 Å². The van der Waals surface area contributed by atoms with E-state index in [1.807, 2.05) is 55.5 Å². The van der Waals surface area contributed by atoms with Gasteiger partial charge in [0.2, 0.25) is 0 Å². The summed E-state index contributed by atoms with van der Waals surface area (Å²) in [5.74, 6) is -0.638. The lowest BCUT2D eigenvalue weighted by molar-refractivity contribution is 0.0950. The topological polar surface area (TPSA) is 84.0 Å². The number of rotatable bonds is 5. The molecule has 2 N–H and O–H groups in total. The van der Waals surface area contributed by atoms with E-state index in [9.17, 15) is 9.59 Å². The van der Waals surface area contributed by atoms with Gasteiger partial charge in [-0.15, -0.1) is 0 Å². The van der Waals surface area contributed by atoms with Crippen LogP contribution in [0, 0.1) is 6.92 Å². The van der Waals surface area contributed by atoms with Crippen molar-refractivity contribution in [2.24, 2.45) is 0 Å². The quantitative estimate of drug-likeness (QED) is 0.531. The number of hydrogen-bond donors (Lipinski definition) is 2. The fourth-order valence-corrected chi connectivity index (χ4v) is 3.17. The number of aryl methyl sites for hydroxylation is 1. The Labute approximate surface area is 174 Å². The van der Waals surface area contributed by atoms with Crippen molar-refractivity contribution < 1.29 is 9.59 Å². The Kier molecular flexibility index (Phi) is 5.48. The van der Waals surface area contributed by atoms with Crippen molar-refractivity contribution in [3.05, 3.63) is 102 Å². The second-order valence-corrected chi connectivity index (χ2v) is 6.91. The van der Waals surface area contributed by atoms with Crippen LogP contribution in [0.25, 0.3) is 10.9 Å². The number of carbonyl (C=O) groups excluding carboxylic acids is 2. The van der Waals surface area contributed by atoms with E-state index in [2.05, 4.69) is 20.6 Å². The number of pyridine rings is 2. The molecule has 0 fully saturated rings. The first-order valence-electron chi connectivity index (χ1n) is 9.54. The molecule has 0 unspecified atom stereocenters. The first kappa shape index (κ1) is 19.3. The van der Waals surface area contributed by atoms with E-state index in [1.165, 1.54) is 18.5 Å². The van der Waals surface area contributed by atoms with Gasteiger partial charge in [-0.05, 0) is 36.2 Å². The molecule has 0 saturated carbocycles. The Bertz CT molecular complexity index is 1230. The summed E-state index contributed by atoms with van der Waals surface area (Å²) in [5, 5.41) is 6.66. The molecule has 2 amide bonds. The van der Waals surface area contributed by atoms with Gasteiger partial charge in [-0.2, -0.15) is 0 Å². The van der Waals surface area contributed by atoms with Crippen LogP contribution in [0.2, 0.25) is 0 Å². The van der Waals surface area contributed by atoms with Crippen molar-refractivity contribution in [1.29, 1.82) is 0 Å². The predicted molar refractivity (Wildman–Crippen MR) is 116 cm³/mol. The molecule has 6 heteroatoms. The predicted octanol–water partition coefficient (Wildman–Crippen LogP) is 4.12. The van der Waals surface area contributed by atoms with Crippen LogP contribution in [-0.2, 0) is 6.54 Å². The van der Waals surface area contributed by atoms with Crippen LogP contribution in [0.3, 0.4) is 0 Å². The fraction of sp³-hybridized carbons (Fsp3) is 0.0833. The lowest BCUT2D eigenvalue weighted by Crippen LogP contribution is -2.24. The van der Waals surface area contributed by atoms with Crippen LogP contribution < -0.4 is 10.6 Å². The molecule has 2 aromatic heterocycles. The van der Waals surface area contributed by atoms with Crippen LogP contribution in [0.1, 0.15) is 31.8 Å². The summed E-state index contributed by atoms with van der Waals surface area (Å²) in [5.41, 5.74) is 4.07. The smallest absolute Gasteiger partial charge is 0.257 e. The molecule has 0 bridgehead atoms. The lowest BCUT2D eigenvalue weighted by atomic mass is 10.1. The van der Waals surface area contributed by atoms with E-state index in [0.717, 1.165) is 16.5 Å². The van der Waals surface area contributed by atoms with E-state index in [-0.39, 0.29) is 11.8 Å². The largest absolute Gasteiger partial charge is 0.348 e. The zero-order chi connectivity index (χ0) is 20.9. The molecule has 0 saturated heterocycles. The molecule has 2 aromatic carbocycles. The van der Waals surface area contributed by atoms with Gasteiger partial charge < -0.3 is 10.6 Å². The Morgan fingerprint density at radius 3 is 2.50 bits per heavy atom. The van der Waals surface area contributed by atoms with Crippen LogP contribution in [-0.4, -0.2) is 21.8 Å². The molecule has 0 radical (unpaired) electrons. The molecule has 6 nitrogen and oxygen atoms in total. The number of amides is 2. The highest BCUT2D eigenvalue weighted by atomic mass is 16.2. The average Bonchev–Trinajstić information content (AvgIpc) is 2.78. The van der Waals surface area contributed by atoms with Crippen LogP contribution >= 0.6 is 0 Å². The maximum atomic E-state index is 12.7. The number of anilines is 1. The Hall–Kier alpha value is -4.06. The van der Waals surface area contributed by atoms with Gasteiger partial charge in [-0.1, -0.05) is 42.5 Å². The van der Waals surface area contributed by atoms with Gasteiger partial charge in [0.25, 0.3) is 11.8 Å². The third kappa shape index (κ3) is 4.17. The highest BCUT2D eigenvalue weighted by Gasteiger charge is 2.13. The van der Waals surface area contributed by atoms with Crippen molar-refractivity contribution in [2.45, 2.75) is 13.5 Å². The van der Waals surface area contributed by atoms with Gasteiger partial charge in [-0.3, -0.25) is 19.6 Å². The molecule has 148 valence electrons. The van der Waals surface area contributed by atoms with Crippen LogP contribution in [0.5, 0.6) is 0 Å². The van der Waals surface area contributed by atoms with Crippen molar-refractivity contribution in [2.75, 3.05) is 5.32 Å². The summed E-state index contributed by atoms with van der Waals surface area (Å²) in [7, 11) is 0. The second kappa shape index (κ2) is 8.53. The van der Waals surface area contributed by atoms with Crippen molar-refractivity contribution >= 4 is 28.4 Å². The van der Waals surface area contributed by atoms with Gasteiger partial charge in [0.1, 0.15) is 0 Å². The molecule has 0 aliphatic heterocycles. The molecule has 2 heterocycles. The van der Waals surface area contributed by atoms with Gasteiger partial charge in [-0.25, -0.2) is 0 Å². The second-order valence-electron chi connectivity index (χ2n) is 6.91. The third-order valence-electron chi connectivity index (χ3n) is 4.84. The number of benzene rings is 2. The Balaban J connectivity index is 1.49. The molecule has 0 spiro atoms. The molecule has 4 aromatic rings. The number of nitrogens with one attached hydrogen (secondary N) is 2. The van der Waals surface area contributed by atoms with Gasteiger partial charge in [0, 0.05) is 30.5 Å². The molecule has 30 heavy (non-hydrogen) atoms. The normalized spacial score (nSPS) is 10.6. The highest BCUT2D eigenvalue weighted by Crippen LogP contribution is 2.21. The average molecular weight is 396 g/mol. The van der Waals surface area contributed by atoms with E-state index in [1.54, 1.807) is 12.3 Å². The lowest BCUT2D eigenvalue weighted by Gasteiger charge is -2.10. The monoisotopic (exact) mass is 396 g/mol. The Morgan fingerprint density at radius 1 is 0.900 bits per heavy atom. The fourth-order valence-electron chi connectivity index (χ4n) is 3.17. The third-order valence-corrected chi connectivity index (χ3v) is 4.84. The van der Waals surface area contributed by atoms with Gasteiger partial charge >= 0.3 is 0 Å². The number of carbonyl (C=O) groups is 2. The molecule has 0 aliphatic carbocycles. The minimum absolute atomic E-state index is 0.285. The molecular formula is C24H20N4O2. The number of hydrogen-bond acceptors (Lipinski definition) is 4. The van der Waals surface area contributed by atoms with Crippen LogP contribution in [0.4, 0.5) is 5.69 Å². The minimum Gasteiger partial charge on any atom is -0.348 e. The summed E-state index contributed by atoms with van der Waals surface area (Å²) >= 11 is 0. The van der Waals surface area contributed by atoms with Gasteiger partial charge in [0.15, 0.2) is 0 Å². The number of fused-ring (bicyclic) bond motifs is 1. The first-order chi connectivity index (χ1) is 14.6. The summed E-state index contributed by atoms with van der Waals surface area (Å²) < 4.78 is 0. The maximum Gasteiger partial charge on any atom is 0.257 e. The Morgan fingerprint density at radius 2 is 1.67 bits per heavy atom. The molecule has 0 atom stereocenters. The number of para-hydroxylation sites is 1. The van der Waals surface area contributed by atoms with E-state index in [0.29, 0.717) is 28.9 Å². The maximum absolute atomic E-state index is 12.7.